The van der Waals surface area contributed by atoms with E-state index in [1.165, 1.54) is 0 Å². The van der Waals surface area contributed by atoms with E-state index < -0.39 is 0 Å². The Morgan fingerprint density at radius 1 is 1.04 bits per heavy atom. The number of benzene rings is 1. The summed E-state index contributed by atoms with van der Waals surface area (Å²) in [4.78, 5) is 12.7. The second-order valence-corrected chi connectivity index (χ2v) is 7.89. The van der Waals surface area contributed by atoms with E-state index in [0.29, 0.717) is 22.9 Å². The molecule has 0 aliphatic rings. The summed E-state index contributed by atoms with van der Waals surface area (Å²) in [6.45, 7) is 10.7. The molecule has 0 spiro atoms. The van der Waals surface area contributed by atoms with Crippen molar-refractivity contribution in [2.45, 2.75) is 52.6 Å². The number of hydrogen-bond donors (Lipinski definition) is 1. The molecule has 1 aromatic carbocycles. The summed E-state index contributed by atoms with van der Waals surface area (Å²) in [5.41, 5.74) is 2.01. The summed E-state index contributed by atoms with van der Waals surface area (Å²) < 4.78 is 18.0. The molecule has 1 aromatic heterocycles. The molecule has 0 aliphatic carbocycles. The van der Waals surface area contributed by atoms with E-state index in [9.17, 15) is 4.79 Å². The molecular formula is C21H31N3O4. The van der Waals surface area contributed by atoms with Crippen LogP contribution >= 0.6 is 0 Å². The van der Waals surface area contributed by atoms with E-state index in [1.807, 2.05) is 10.7 Å². The lowest BCUT2D eigenvalue weighted by Crippen LogP contribution is -2.27. The van der Waals surface area contributed by atoms with Crippen molar-refractivity contribution in [2.24, 2.45) is 0 Å². The van der Waals surface area contributed by atoms with Gasteiger partial charge in [0, 0.05) is 23.9 Å². The van der Waals surface area contributed by atoms with Crippen molar-refractivity contribution in [3.8, 4) is 17.2 Å². The van der Waals surface area contributed by atoms with Crippen LogP contribution in [-0.4, -0.2) is 37.0 Å². The van der Waals surface area contributed by atoms with Gasteiger partial charge >= 0.3 is 0 Å². The third kappa shape index (κ3) is 4.58. The molecule has 0 saturated heterocycles. The molecule has 7 heteroatoms. The quantitative estimate of drug-likeness (QED) is 0.781. The van der Waals surface area contributed by atoms with Crippen LogP contribution < -0.4 is 19.5 Å². The number of aromatic nitrogens is 2. The Hall–Kier alpha value is -2.70. The third-order valence-corrected chi connectivity index (χ3v) is 4.42. The van der Waals surface area contributed by atoms with Crippen LogP contribution in [0.5, 0.6) is 17.2 Å². The Bertz CT molecular complexity index is 835. The largest absolute Gasteiger partial charge is 0.496 e. The normalized spacial score (nSPS) is 11.5. The van der Waals surface area contributed by atoms with Gasteiger partial charge in [0.25, 0.3) is 5.91 Å². The van der Waals surface area contributed by atoms with Gasteiger partial charge in [0.05, 0.1) is 26.9 Å². The molecule has 1 amide bonds. The van der Waals surface area contributed by atoms with Crippen LogP contribution in [0.2, 0.25) is 0 Å². The van der Waals surface area contributed by atoms with Gasteiger partial charge in [-0.05, 0) is 38.8 Å². The lowest BCUT2D eigenvalue weighted by molar-refractivity contribution is 0.0944. The van der Waals surface area contributed by atoms with Gasteiger partial charge in [-0.15, -0.1) is 0 Å². The third-order valence-electron chi connectivity index (χ3n) is 4.42. The summed E-state index contributed by atoms with van der Waals surface area (Å²) in [6, 6.07) is 5.40. The lowest BCUT2D eigenvalue weighted by atomic mass is 10.1. The second-order valence-electron chi connectivity index (χ2n) is 7.89. The van der Waals surface area contributed by atoms with Gasteiger partial charge in [0.15, 0.2) is 11.5 Å². The van der Waals surface area contributed by atoms with E-state index >= 15 is 0 Å². The Morgan fingerprint density at radius 2 is 1.61 bits per heavy atom. The summed E-state index contributed by atoms with van der Waals surface area (Å²) >= 11 is 0. The first-order valence-corrected chi connectivity index (χ1v) is 9.29. The van der Waals surface area contributed by atoms with Gasteiger partial charge in [-0.1, -0.05) is 13.8 Å². The fraction of sp³-hybridized carbons (Fsp3) is 0.524. The van der Waals surface area contributed by atoms with Gasteiger partial charge < -0.3 is 19.5 Å². The maximum absolute atomic E-state index is 12.7. The maximum Gasteiger partial charge on any atom is 0.272 e. The van der Waals surface area contributed by atoms with Gasteiger partial charge in [-0.25, -0.2) is 0 Å². The van der Waals surface area contributed by atoms with Crippen molar-refractivity contribution in [1.82, 2.24) is 15.1 Å². The molecule has 28 heavy (non-hydrogen) atoms. The molecular weight excluding hydrogens is 358 g/mol. The molecule has 0 fully saturated rings. The van der Waals surface area contributed by atoms with Gasteiger partial charge in [0.1, 0.15) is 11.4 Å². The highest BCUT2D eigenvalue weighted by Gasteiger charge is 2.23. The number of rotatable bonds is 7. The molecule has 0 saturated carbocycles. The van der Waals surface area contributed by atoms with Crippen LogP contribution in [0.1, 0.15) is 62.3 Å². The molecule has 0 atom stereocenters. The van der Waals surface area contributed by atoms with E-state index in [0.717, 1.165) is 11.3 Å². The Morgan fingerprint density at radius 3 is 2.07 bits per heavy atom. The zero-order valence-corrected chi connectivity index (χ0v) is 18.0. The van der Waals surface area contributed by atoms with E-state index in [4.69, 9.17) is 14.2 Å². The summed E-state index contributed by atoms with van der Waals surface area (Å²) in [5.74, 6) is 1.79. The standard InChI is InChI=1S/C21H31N3O4/c1-13(2)16-10-15(23-24(16)21(3,4)5)20(25)22-12-14-9-18(27-7)19(28-8)11-17(14)26-6/h9-11,13H,12H2,1-8H3,(H,22,25). The van der Waals surface area contributed by atoms with E-state index in [2.05, 4.69) is 45.0 Å². The van der Waals surface area contributed by atoms with E-state index in [-0.39, 0.29) is 23.9 Å². The average molecular weight is 389 g/mol. The number of ether oxygens (including phenoxy) is 3. The number of amides is 1. The van der Waals surface area contributed by atoms with Gasteiger partial charge in [-0.2, -0.15) is 5.10 Å². The minimum atomic E-state index is -0.235. The van der Waals surface area contributed by atoms with Crippen molar-refractivity contribution in [2.75, 3.05) is 21.3 Å². The van der Waals surface area contributed by atoms with Gasteiger partial charge in [-0.3, -0.25) is 9.48 Å². The van der Waals surface area contributed by atoms with Crippen LogP contribution in [0.4, 0.5) is 0 Å². The Kier molecular flexibility index (Phi) is 6.59. The first-order valence-electron chi connectivity index (χ1n) is 9.29. The number of nitrogens with one attached hydrogen (secondary N) is 1. The number of nitrogens with zero attached hydrogens (tertiary/aromatic N) is 2. The average Bonchev–Trinajstić information content (AvgIpc) is 3.11. The summed E-state index contributed by atoms with van der Waals surface area (Å²) in [6.07, 6.45) is 0. The van der Waals surface area contributed by atoms with Crippen molar-refractivity contribution in [3.05, 3.63) is 35.2 Å². The molecule has 0 unspecified atom stereocenters. The molecule has 0 bridgehead atoms. The molecule has 7 nitrogen and oxygen atoms in total. The zero-order valence-electron chi connectivity index (χ0n) is 18.0. The second kappa shape index (κ2) is 8.54. The molecule has 2 aromatic rings. The Labute approximate surface area is 167 Å². The van der Waals surface area contributed by atoms with Crippen LogP contribution in [0.15, 0.2) is 18.2 Å². The fourth-order valence-corrected chi connectivity index (χ4v) is 2.95. The topological polar surface area (TPSA) is 74.6 Å². The molecule has 2 rings (SSSR count). The molecule has 1 heterocycles. The predicted octanol–water partition coefficient (Wildman–Crippen LogP) is 3.72. The smallest absolute Gasteiger partial charge is 0.272 e. The maximum atomic E-state index is 12.7. The highest BCUT2D eigenvalue weighted by Crippen LogP contribution is 2.34. The van der Waals surface area contributed by atoms with Gasteiger partial charge in [0.2, 0.25) is 0 Å². The molecule has 1 N–H and O–H groups in total. The highest BCUT2D eigenvalue weighted by molar-refractivity contribution is 5.92. The number of methoxy groups -OCH3 is 3. The summed E-state index contributed by atoms with van der Waals surface area (Å²) in [7, 11) is 4.71. The highest BCUT2D eigenvalue weighted by atomic mass is 16.5. The monoisotopic (exact) mass is 389 g/mol. The summed E-state index contributed by atoms with van der Waals surface area (Å²) in [5, 5.41) is 7.47. The lowest BCUT2D eigenvalue weighted by Gasteiger charge is -2.23. The van der Waals surface area contributed by atoms with Crippen LogP contribution in [0.3, 0.4) is 0 Å². The van der Waals surface area contributed by atoms with E-state index in [1.54, 1.807) is 33.5 Å². The molecule has 154 valence electrons. The van der Waals surface area contributed by atoms with Crippen molar-refractivity contribution in [1.29, 1.82) is 0 Å². The van der Waals surface area contributed by atoms with Crippen molar-refractivity contribution in [3.63, 3.8) is 0 Å². The molecule has 0 radical (unpaired) electrons. The van der Waals surface area contributed by atoms with Crippen LogP contribution in [-0.2, 0) is 12.1 Å². The fourth-order valence-electron chi connectivity index (χ4n) is 2.95. The SMILES string of the molecule is COc1cc(OC)c(OC)cc1CNC(=O)c1cc(C(C)C)n(C(C)(C)C)n1. The van der Waals surface area contributed by atoms with Crippen molar-refractivity contribution >= 4 is 5.91 Å². The number of carbonyl (C=O) groups is 1. The predicted molar refractivity (Wildman–Crippen MR) is 109 cm³/mol. The van der Waals surface area contributed by atoms with Crippen LogP contribution in [0.25, 0.3) is 0 Å². The zero-order chi connectivity index (χ0) is 21.1. The minimum absolute atomic E-state index is 0.204. The number of hydrogen-bond acceptors (Lipinski definition) is 5. The minimum Gasteiger partial charge on any atom is -0.496 e. The first-order chi connectivity index (χ1) is 13.1. The Balaban J connectivity index is 2.25. The van der Waals surface area contributed by atoms with Crippen LogP contribution in [0, 0.1) is 0 Å². The van der Waals surface area contributed by atoms with Crippen molar-refractivity contribution < 1.29 is 19.0 Å². The first kappa shape index (κ1) is 21.6. The number of carbonyl (C=O) groups excluding carboxylic acids is 1. The molecule has 0 aliphatic heterocycles.